The molecule has 1 aliphatic heterocycles. The third-order valence-corrected chi connectivity index (χ3v) is 5.19. The zero-order valence-corrected chi connectivity index (χ0v) is 15.1. The molecule has 2 atom stereocenters. The third-order valence-electron chi connectivity index (χ3n) is 5.19. The van der Waals surface area contributed by atoms with E-state index in [1.807, 2.05) is 36.1 Å². The topological polar surface area (TPSA) is 56.4 Å². The molecule has 0 unspecified atom stereocenters. The SMILES string of the molecule is Cc1nn(C)c(C)c1[C@H]1OCC[C@@H]1CNCc1cn2ccccc2n1. The smallest absolute Gasteiger partial charge is 0.137 e. The number of hydrogen-bond acceptors (Lipinski definition) is 4. The quantitative estimate of drug-likeness (QED) is 0.776. The summed E-state index contributed by atoms with van der Waals surface area (Å²) in [7, 11) is 2.00. The van der Waals surface area contributed by atoms with E-state index in [4.69, 9.17) is 4.74 Å². The summed E-state index contributed by atoms with van der Waals surface area (Å²) in [6.07, 6.45) is 5.33. The van der Waals surface area contributed by atoms with Crippen molar-refractivity contribution in [1.82, 2.24) is 24.5 Å². The average Bonchev–Trinajstić information content (AvgIpc) is 3.26. The Morgan fingerprint density at radius 1 is 1.32 bits per heavy atom. The highest BCUT2D eigenvalue weighted by Crippen LogP contribution is 2.37. The van der Waals surface area contributed by atoms with Gasteiger partial charge in [0.25, 0.3) is 0 Å². The van der Waals surface area contributed by atoms with Gasteiger partial charge in [-0.3, -0.25) is 4.68 Å². The van der Waals surface area contributed by atoms with E-state index in [9.17, 15) is 0 Å². The highest BCUT2D eigenvalue weighted by Gasteiger charge is 2.33. The van der Waals surface area contributed by atoms with E-state index in [0.717, 1.165) is 43.2 Å². The maximum Gasteiger partial charge on any atom is 0.137 e. The second-order valence-corrected chi connectivity index (χ2v) is 6.88. The minimum absolute atomic E-state index is 0.141. The maximum atomic E-state index is 6.06. The molecule has 0 amide bonds. The van der Waals surface area contributed by atoms with Crippen molar-refractivity contribution in [3.05, 3.63) is 53.2 Å². The number of hydrogen-bond donors (Lipinski definition) is 1. The zero-order chi connectivity index (χ0) is 17.4. The lowest BCUT2D eigenvalue weighted by molar-refractivity contribution is 0.0893. The van der Waals surface area contributed by atoms with Gasteiger partial charge in [-0.2, -0.15) is 5.10 Å². The molecule has 0 aromatic carbocycles. The van der Waals surface area contributed by atoms with Crippen LogP contribution in [-0.4, -0.2) is 32.3 Å². The summed E-state index contributed by atoms with van der Waals surface area (Å²) < 4.78 is 10.1. The number of nitrogens with zero attached hydrogens (tertiary/aromatic N) is 4. The number of fused-ring (bicyclic) bond motifs is 1. The Morgan fingerprint density at radius 2 is 2.20 bits per heavy atom. The van der Waals surface area contributed by atoms with Gasteiger partial charge in [0.05, 0.1) is 17.5 Å². The van der Waals surface area contributed by atoms with Gasteiger partial charge in [-0.1, -0.05) is 6.07 Å². The zero-order valence-electron chi connectivity index (χ0n) is 15.1. The molecule has 132 valence electrons. The van der Waals surface area contributed by atoms with Gasteiger partial charge in [-0.25, -0.2) is 4.98 Å². The minimum atomic E-state index is 0.141. The standard InChI is InChI=1S/C19H25N5O/c1-13-18(14(2)23(3)22-13)19-15(7-9-25-19)10-20-11-16-12-24-8-5-4-6-17(24)21-16/h4-6,8,12,15,19-20H,7,9-11H2,1-3H3/t15-,19+/m1/s1. The van der Waals surface area contributed by atoms with Gasteiger partial charge < -0.3 is 14.5 Å². The fourth-order valence-electron chi connectivity index (χ4n) is 3.82. The number of rotatable bonds is 5. The van der Waals surface area contributed by atoms with Gasteiger partial charge >= 0.3 is 0 Å². The molecule has 1 saturated heterocycles. The number of nitrogens with one attached hydrogen (secondary N) is 1. The normalized spacial score (nSPS) is 20.6. The van der Waals surface area contributed by atoms with Crippen molar-refractivity contribution in [3.63, 3.8) is 0 Å². The van der Waals surface area contributed by atoms with Crippen LogP contribution in [0.25, 0.3) is 5.65 Å². The molecule has 4 heterocycles. The lowest BCUT2D eigenvalue weighted by Gasteiger charge is -2.19. The molecule has 4 rings (SSSR count). The summed E-state index contributed by atoms with van der Waals surface area (Å²) in [4.78, 5) is 4.64. The Morgan fingerprint density at radius 3 is 2.96 bits per heavy atom. The first kappa shape index (κ1) is 16.3. The van der Waals surface area contributed by atoms with Gasteiger partial charge in [-0.05, 0) is 32.4 Å². The van der Waals surface area contributed by atoms with Crippen molar-refractivity contribution in [2.24, 2.45) is 13.0 Å². The van der Waals surface area contributed by atoms with Crippen LogP contribution in [0, 0.1) is 19.8 Å². The van der Waals surface area contributed by atoms with Crippen LogP contribution in [0.1, 0.15) is 35.2 Å². The fourth-order valence-corrected chi connectivity index (χ4v) is 3.82. The lowest BCUT2D eigenvalue weighted by atomic mass is 9.94. The summed E-state index contributed by atoms with van der Waals surface area (Å²) in [6.45, 7) is 6.71. The van der Waals surface area contributed by atoms with E-state index in [-0.39, 0.29) is 6.10 Å². The van der Waals surface area contributed by atoms with Crippen molar-refractivity contribution in [2.75, 3.05) is 13.2 Å². The largest absolute Gasteiger partial charge is 0.373 e. The summed E-state index contributed by atoms with van der Waals surface area (Å²) in [5.74, 6) is 0.471. The highest BCUT2D eigenvalue weighted by atomic mass is 16.5. The molecule has 1 N–H and O–H groups in total. The fraction of sp³-hybridized carbons (Fsp3) is 0.474. The average molecular weight is 339 g/mol. The Hall–Kier alpha value is -2.18. The second-order valence-electron chi connectivity index (χ2n) is 6.88. The molecule has 25 heavy (non-hydrogen) atoms. The van der Waals surface area contributed by atoms with E-state index in [0.29, 0.717) is 5.92 Å². The predicted octanol–water partition coefficient (Wildman–Crippen LogP) is 2.55. The molecule has 6 nitrogen and oxygen atoms in total. The Balaban J connectivity index is 1.41. The molecule has 0 aliphatic carbocycles. The molecule has 0 spiro atoms. The van der Waals surface area contributed by atoms with Gasteiger partial charge in [0.2, 0.25) is 0 Å². The van der Waals surface area contributed by atoms with Crippen LogP contribution in [0.2, 0.25) is 0 Å². The summed E-state index contributed by atoms with van der Waals surface area (Å²) >= 11 is 0. The summed E-state index contributed by atoms with van der Waals surface area (Å²) in [5, 5.41) is 8.11. The molecule has 0 bridgehead atoms. The molecule has 3 aromatic rings. The van der Waals surface area contributed by atoms with Crippen molar-refractivity contribution in [1.29, 1.82) is 0 Å². The monoisotopic (exact) mass is 339 g/mol. The molecule has 0 saturated carbocycles. The molecule has 6 heteroatoms. The molecule has 1 aliphatic rings. The molecule has 0 radical (unpaired) electrons. The number of ether oxygens (including phenoxy) is 1. The Bertz CT molecular complexity index is 848. The Kier molecular flexibility index (Phi) is 4.31. The van der Waals surface area contributed by atoms with E-state index < -0.39 is 0 Å². The molecule has 3 aromatic heterocycles. The van der Waals surface area contributed by atoms with Crippen molar-refractivity contribution in [3.8, 4) is 0 Å². The number of aryl methyl sites for hydroxylation is 2. The van der Waals surface area contributed by atoms with E-state index in [1.165, 1.54) is 11.3 Å². The number of pyridine rings is 1. The van der Waals surface area contributed by atoms with Gasteiger partial charge in [0.15, 0.2) is 0 Å². The van der Waals surface area contributed by atoms with Crippen molar-refractivity contribution in [2.45, 2.75) is 32.9 Å². The first-order valence-corrected chi connectivity index (χ1v) is 8.88. The molecule has 1 fully saturated rings. The number of aromatic nitrogens is 4. The number of imidazole rings is 1. The summed E-state index contributed by atoms with van der Waals surface area (Å²) in [6, 6.07) is 6.06. The van der Waals surface area contributed by atoms with Gasteiger partial charge in [-0.15, -0.1) is 0 Å². The first-order valence-electron chi connectivity index (χ1n) is 8.88. The highest BCUT2D eigenvalue weighted by molar-refractivity contribution is 5.39. The van der Waals surface area contributed by atoms with Crippen LogP contribution in [0.3, 0.4) is 0 Å². The summed E-state index contributed by atoms with van der Waals surface area (Å²) in [5.41, 5.74) is 5.60. The molecular weight excluding hydrogens is 314 g/mol. The maximum absolute atomic E-state index is 6.06. The predicted molar refractivity (Wildman–Crippen MR) is 96.4 cm³/mol. The van der Waals surface area contributed by atoms with Crippen LogP contribution in [0.4, 0.5) is 0 Å². The molecular formula is C19H25N5O. The Labute approximate surface area is 147 Å². The van der Waals surface area contributed by atoms with Gasteiger partial charge in [0, 0.05) is 56.3 Å². The van der Waals surface area contributed by atoms with Gasteiger partial charge in [0.1, 0.15) is 5.65 Å². The minimum Gasteiger partial charge on any atom is -0.373 e. The second kappa shape index (κ2) is 6.61. The first-order chi connectivity index (χ1) is 12.1. The van der Waals surface area contributed by atoms with Crippen molar-refractivity contribution < 1.29 is 4.74 Å². The lowest BCUT2D eigenvalue weighted by Crippen LogP contribution is -2.25. The van der Waals surface area contributed by atoms with E-state index in [2.05, 4.69) is 39.8 Å². The van der Waals surface area contributed by atoms with Crippen LogP contribution < -0.4 is 5.32 Å². The van der Waals surface area contributed by atoms with Crippen molar-refractivity contribution >= 4 is 5.65 Å². The van der Waals surface area contributed by atoms with E-state index in [1.54, 1.807) is 0 Å². The van der Waals surface area contributed by atoms with Crippen LogP contribution in [-0.2, 0) is 18.3 Å². The third kappa shape index (κ3) is 3.07. The van der Waals surface area contributed by atoms with Crippen LogP contribution in [0.5, 0.6) is 0 Å². The van der Waals surface area contributed by atoms with E-state index >= 15 is 0 Å². The van der Waals surface area contributed by atoms with Crippen LogP contribution in [0.15, 0.2) is 30.6 Å². The van der Waals surface area contributed by atoms with Crippen LogP contribution >= 0.6 is 0 Å².